The first-order valence-electron chi connectivity index (χ1n) is 9.43. The van der Waals surface area contributed by atoms with Gasteiger partial charge in [-0.2, -0.15) is 0 Å². The van der Waals surface area contributed by atoms with E-state index in [1.807, 2.05) is 55.6 Å². The highest BCUT2D eigenvalue weighted by atomic mass is 35.5. The van der Waals surface area contributed by atoms with Gasteiger partial charge < -0.3 is 14.5 Å². The minimum absolute atomic E-state index is 0. The Morgan fingerprint density at radius 2 is 1.66 bits per heavy atom. The molecule has 29 heavy (non-hydrogen) atoms. The Balaban J connectivity index is 0.00000300. The molecule has 0 spiro atoms. The Morgan fingerprint density at radius 3 is 2.28 bits per heavy atom. The second kappa shape index (κ2) is 10.6. The van der Waals surface area contributed by atoms with Crippen LogP contribution < -0.4 is 0 Å². The van der Waals surface area contributed by atoms with Crippen molar-refractivity contribution in [2.24, 2.45) is 0 Å². The summed E-state index contributed by atoms with van der Waals surface area (Å²) in [6.45, 7) is 4.61. The molecule has 0 unspecified atom stereocenters. The van der Waals surface area contributed by atoms with Crippen molar-refractivity contribution < 1.29 is 14.3 Å². The van der Waals surface area contributed by atoms with Gasteiger partial charge in [0.05, 0.1) is 5.92 Å². The molecule has 1 heterocycles. The molecule has 0 N–H and O–H groups in total. The summed E-state index contributed by atoms with van der Waals surface area (Å²) in [5.41, 5.74) is 2.77. The van der Waals surface area contributed by atoms with Gasteiger partial charge in [0, 0.05) is 36.8 Å². The largest absolute Gasteiger partial charge is 0.455 e. The normalized spacial score (nSPS) is 15.3. The molecule has 1 atom stereocenters. The first-order valence-corrected chi connectivity index (χ1v) is 9.81. The average Bonchev–Trinajstić information content (AvgIpc) is 2.72. The van der Waals surface area contributed by atoms with Crippen LogP contribution in [0.15, 0.2) is 48.5 Å². The monoisotopic (exact) mass is 436 g/mol. The third-order valence-electron chi connectivity index (χ3n) is 5.14. The first-order chi connectivity index (χ1) is 13.5. The number of amides is 1. The fourth-order valence-electron chi connectivity index (χ4n) is 3.19. The van der Waals surface area contributed by atoms with E-state index in [1.54, 1.807) is 11.8 Å². The van der Waals surface area contributed by atoms with E-state index in [2.05, 4.69) is 4.90 Å². The van der Waals surface area contributed by atoms with E-state index in [0.29, 0.717) is 18.1 Å². The number of ether oxygens (including phenoxy) is 1. The van der Waals surface area contributed by atoms with E-state index >= 15 is 0 Å². The SMILES string of the molecule is C[C@@H](C(=O)OCC(=O)N1CCN(C)CC1)c1ccc(-c2ccccc2Cl)cc1.Cl. The van der Waals surface area contributed by atoms with Crippen molar-refractivity contribution >= 4 is 35.9 Å². The van der Waals surface area contributed by atoms with Crippen LogP contribution in [0.1, 0.15) is 18.4 Å². The summed E-state index contributed by atoms with van der Waals surface area (Å²) in [5, 5.41) is 0.685. The summed E-state index contributed by atoms with van der Waals surface area (Å²) >= 11 is 6.24. The minimum Gasteiger partial charge on any atom is -0.455 e. The lowest BCUT2D eigenvalue weighted by molar-refractivity contribution is -0.153. The lowest BCUT2D eigenvalue weighted by Gasteiger charge is -2.32. The highest BCUT2D eigenvalue weighted by molar-refractivity contribution is 6.33. The van der Waals surface area contributed by atoms with Crippen LogP contribution in [0, 0.1) is 0 Å². The third-order valence-corrected chi connectivity index (χ3v) is 5.47. The summed E-state index contributed by atoms with van der Waals surface area (Å²) in [5.74, 6) is -0.976. The zero-order valence-electron chi connectivity index (χ0n) is 16.6. The van der Waals surface area contributed by atoms with E-state index in [-0.39, 0.29) is 24.9 Å². The topological polar surface area (TPSA) is 49.9 Å². The number of carbonyl (C=O) groups excluding carboxylic acids is 2. The van der Waals surface area contributed by atoms with Gasteiger partial charge in [-0.15, -0.1) is 12.4 Å². The fourth-order valence-corrected chi connectivity index (χ4v) is 3.43. The number of halogens is 2. The molecule has 3 rings (SSSR count). The molecule has 0 radical (unpaired) electrons. The lowest BCUT2D eigenvalue weighted by atomic mass is 9.97. The van der Waals surface area contributed by atoms with Crippen molar-refractivity contribution in [1.82, 2.24) is 9.80 Å². The van der Waals surface area contributed by atoms with Crippen molar-refractivity contribution in [3.63, 3.8) is 0 Å². The lowest BCUT2D eigenvalue weighted by Crippen LogP contribution is -2.48. The van der Waals surface area contributed by atoms with Gasteiger partial charge in [-0.3, -0.25) is 9.59 Å². The van der Waals surface area contributed by atoms with Gasteiger partial charge in [0.15, 0.2) is 6.61 Å². The van der Waals surface area contributed by atoms with Gasteiger partial charge in [-0.1, -0.05) is 54.1 Å². The number of piperazine rings is 1. The number of benzene rings is 2. The van der Waals surface area contributed by atoms with E-state index in [9.17, 15) is 9.59 Å². The number of hydrogen-bond donors (Lipinski definition) is 0. The van der Waals surface area contributed by atoms with Crippen LogP contribution in [0.2, 0.25) is 5.02 Å². The highest BCUT2D eigenvalue weighted by Gasteiger charge is 2.22. The van der Waals surface area contributed by atoms with Crippen molar-refractivity contribution in [1.29, 1.82) is 0 Å². The minimum atomic E-state index is -0.444. The van der Waals surface area contributed by atoms with E-state index in [0.717, 1.165) is 29.8 Å². The van der Waals surface area contributed by atoms with E-state index in [4.69, 9.17) is 16.3 Å². The summed E-state index contributed by atoms with van der Waals surface area (Å²) in [4.78, 5) is 28.5. The molecule has 0 bridgehead atoms. The van der Waals surface area contributed by atoms with Gasteiger partial charge in [0.25, 0.3) is 5.91 Å². The molecule has 1 amide bonds. The zero-order chi connectivity index (χ0) is 20.1. The van der Waals surface area contributed by atoms with Crippen molar-refractivity contribution in [3.05, 3.63) is 59.1 Å². The molecule has 7 heteroatoms. The second-order valence-electron chi connectivity index (χ2n) is 7.12. The van der Waals surface area contributed by atoms with Crippen LogP contribution in [-0.2, 0) is 14.3 Å². The third kappa shape index (κ3) is 5.95. The Kier molecular flexibility index (Phi) is 8.50. The molecule has 156 valence electrons. The summed E-state index contributed by atoms with van der Waals surface area (Å²) in [7, 11) is 2.03. The van der Waals surface area contributed by atoms with E-state index < -0.39 is 11.9 Å². The van der Waals surface area contributed by atoms with Gasteiger partial charge in [-0.25, -0.2) is 0 Å². The predicted molar refractivity (Wildman–Crippen MR) is 118 cm³/mol. The second-order valence-corrected chi connectivity index (χ2v) is 7.52. The number of hydrogen-bond acceptors (Lipinski definition) is 4. The van der Waals surface area contributed by atoms with Crippen LogP contribution in [0.25, 0.3) is 11.1 Å². The summed E-state index contributed by atoms with van der Waals surface area (Å²) in [6.07, 6.45) is 0. The van der Waals surface area contributed by atoms with Crippen LogP contribution in [0.4, 0.5) is 0 Å². The number of nitrogens with zero attached hydrogens (tertiary/aromatic N) is 2. The Labute approximate surface area is 183 Å². The van der Waals surface area contributed by atoms with Gasteiger partial charge in [0.1, 0.15) is 0 Å². The molecule has 1 saturated heterocycles. The van der Waals surface area contributed by atoms with Crippen molar-refractivity contribution in [3.8, 4) is 11.1 Å². The number of esters is 1. The predicted octanol–water partition coefficient (Wildman–Crippen LogP) is 3.85. The molecule has 2 aromatic carbocycles. The summed E-state index contributed by atoms with van der Waals surface area (Å²) in [6, 6.07) is 15.3. The van der Waals surface area contributed by atoms with Crippen LogP contribution in [0.3, 0.4) is 0 Å². The molecule has 0 aliphatic carbocycles. The summed E-state index contributed by atoms with van der Waals surface area (Å²) < 4.78 is 5.27. The fraction of sp³-hybridized carbons (Fsp3) is 0.364. The molecule has 0 aromatic heterocycles. The number of likely N-dealkylation sites (N-methyl/N-ethyl adjacent to an activating group) is 1. The Bertz CT molecular complexity index is 834. The zero-order valence-corrected chi connectivity index (χ0v) is 18.2. The van der Waals surface area contributed by atoms with Crippen molar-refractivity contribution in [2.75, 3.05) is 39.8 Å². The quantitative estimate of drug-likeness (QED) is 0.667. The maximum atomic E-state index is 12.4. The van der Waals surface area contributed by atoms with Gasteiger partial charge in [-0.05, 0) is 31.2 Å². The van der Waals surface area contributed by atoms with Crippen molar-refractivity contribution in [2.45, 2.75) is 12.8 Å². The Hall–Kier alpha value is -2.08. The molecular formula is C22H26Cl2N2O3. The molecule has 1 aliphatic rings. The van der Waals surface area contributed by atoms with Crippen LogP contribution >= 0.6 is 24.0 Å². The van der Waals surface area contributed by atoms with Crippen LogP contribution in [0.5, 0.6) is 0 Å². The first kappa shape index (κ1) is 23.2. The number of rotatable bonds is 5. The van der Waals surface area contributed by atoms with Gasteiger partial charge >= 0.3 is 5.97 Å². The standard InChI is InChI=1S/C22H25ClN2O3.ClH/c1-16(22(27)28-15-21(26)25-13-11-24(2)12-14-25)17-7-9-18(10-8-17)19-5-3-4-6-20(19)23;/h3-10,16H,11-15H2,1-2H3;1H/t16-;/m1./s1. The average molecular weight is 437 g/mol. The molecule has 0 saturated carbocycles. The molecule has 1 fully saturated rings. The molecule has 5 nitrogen and oxygen atoms in total. The number of carbonyl (C=O) groups is 2. The molecular weight excluding hydrogens is 411 g/mol. The molecule has 2 aromatic rings. The maximum absolute atomic E-state index is 12.4. The van der Waals surface area contributed by atoms with Gasteiger partial charge in [0.2, 0.25) is 0 Å². The van der Waals surface area contributed by atoms with E-state index in [1.165, 1.54) is 0 Å². The Morgan fingerprint density at radius 1 is 1.03 bits per heavy atom. The smallest absolute Gasteiger partial charge is 0.313 e. The van der Waals surface area contributed by atoms with Crippen LogP contribution in [-0.4, -0.2) is 61.5 Å². The maximum Gasteiger partial charge on any atom is 0.313 e. The molecule has 1 aliphatic heterocycles. The highest BCUT2D eigenvalue weighted by Crippen LogP contribution is 2.29.